The van der Waals surface area contributed by atoms with Gasteiger partial charge in [0.15, 0.2) is 11.2 Å². The molecule has 0 aliphatic carbocycles. The number of fused-ring (bicyclic) bond motifs is 2. The molecule has 170 valence electrons. The van der Waals surface area contributed by atoms with E-state index < -0.39 is 0 Å². The molecule has 2 N–H and O–H groups in total. The third kappa shape index (κ3) is 5.38. The van der Waals surface area contributed by atoms with Crippen molar-refractivity contribution in [2.24, 2.45) is 0 Å². The van der Waals surface area contributed by atoms with E-state index in [1.54, 1.807) is 18.2 Å². The summed E-state index contributed by atoms with van der Waals surface area (Å²) in [6.45, 7) is 0. The molecule has 0 radical (unpaired) electrons. The van der Waals surface area contributed by atoms with Crippen LogP contribution in [0.1, 0.15) is 0 Å². The summed E-state index contributed by atoms with van der Waals surface area (Å²) in [5.74, 6) is 0.322. The van der Waals surface area contributed by atoms with Crippen LogP contribution in [0.2, 0.25) is 0 Å². The number of oxazole rings is 2. The van der Waals surface area contributed by atoms with Crippen molar-refractivity contribution in [2.75, 3.05) is 22.1 Å². The molecule has 34 heavy (non-hydrogen) atoms. The molecule has 9 nitrogen and oxygen atoms in total. The maximum atomic E-state index is 12.3. The van der Waals surface area contributed by atoms with E-state index >= 15 is 0 Å². The lowest BCUT2D eigenvalue weighted by Crippen LogP contribution is -2.17. The molecule has 3 heterocycles. The molecule has 3 aromatic heterocycles. The average Bonchev–Trinajstić information content (AvgIpc) is 3.45. The third-order valence-electron chi connectivity index (χ3n) is 4.49. The topological polar surface area (TPSA) is 123 Å². The van der Waals surface area contributed by atoms with E-state index in [0.717, 1.165) is 11.0 Å². The van der Waals surface area contributed by atoms with Gasteiger partial charge in [0.25, 0.3) is 10.4 Å². The maximum Gasteiger partial charge on any atom is 0.257 e. The number of carbonyl (C=O) groups excluding carboxylic acids is 2. The highest BCUT2D eigenvalue weighted by Crippen LogP contribution is 2.24. The minimum Gasteiger partial charge on any atom is -0.431 e. The van der Waals surface area contributed by atoms with Crippen molar-refractivity contribution >= 4 is 69.2 Å². The Hall–Kier alpha value is -3.83. The standard InChI is InChI=1S/C23H17N5O4S2/c29-20(12-33-22-24-14-6-1-3-8-16(14)31-22)27-18-10-5-11-19(26-18)28-21(30)13-34-23-25-15-7-2-4-9-17(15)32-23/h1-11H,12-13H2,(H2,26,27,28,29,30). The maximum absolute atomic E-state index is 12.3. The molecule has 0 saturated carbocycles. The summed E-state index contributed by atoms with van der Waals surface area (Å²) in [5.41, 5.74) is 2.82. The van der Waals surface area contributed by atoms with E-state index in [2.05, 4.69) is 25.6 Å². The van der Waals surface area contributed by atoms with Gasteiger partial charge in [-0.05, 0) is 36.4 Å². The van der Waals surface area contributed by atoms with E-state index in [9.17, 15) is 9.59 Å². The number of thioether (sulfide) groups is 2. The van der Waals surface area contributed by atoms with Crippen LogP contribution in [0.3, 0.4) is 0 Å². The van der Waals surface area contributed by atoms with Gasteiger partial charge >= 0.3 is 0 Å². The number of amides is 2. The number of nitrogens with one attached hydrogen (secondary N) is 2. The summed E-state index contributed by atoms with van der Waals surface area (Å²) in [4.78, 5) is 37.6. The molecule has 0 aliphatic heterocycles. The smallest absolute Gasteiger partial charge is 0.257 e. The van der Waals surface area contributed by atoms with Gasteiger partial charge in [-0.15, -0.1) is 0 Å². The molecule has 0 fully saturated rings. The molecule has 2 amide bonds. The number of rotatable bonds is 8. The highest BCUT2D eigenvalue weighted by atomic mass is 32.2. The second kappa shape index (κ2) is 9.98. The molecule has 5 rings (SSSR count). The van der Waals surface area contributed by atoms with Gasteiger partial charge in [0, 0.05) is 0 Å². The second-order valence-electron chi connectivity index (χ2n) is 6.98. The first-order chi connectivity index (χ1) is 16.6. The fourth-order valence-corrected chi connectivity index (χ4v) is 4.29. The van der Waals surface area contributed by atoms with Crippen molar-refractivity contribution in [3.63, 3.8) is 0 Å². The number of para-hydroxylation sites is 4. The number of benzene rings is 2. The van der Waals surface area contributed by atoms with Crippen molar-refractivity contribution < 1.29 is 18.4 Å². The van der Waals surface area contributed by atoms with Crippen LogP contribution in [-0.4, -0.2) is 38.3 Å². The molecule has 0 spiro atoms. The van der Waals surface area contributed by atoms with Gasteiger partial charge in [0.05, 0.1) is 11.5 Å². The predicted molar refractivity (Wildman–Crippen MR) is 131 cm³/mol. The van der Waals surface area contributed by atoms with Gasteiger partial charge in [-0.1, -0.05) is 53.9 Å². The minimum atomic E-state index is -0.269. The van der Waals surface area contributed by atoms with Crippen LogP contribution >= 0.6 is 23.5 Å². The Balaban J connectivity index is 1.12. The zero-order valence-corrected chi connectivity index (χ0v) is 19.2. The number of anilines is 2. The Bertz CT molecular complexity index is 1310. The molecular weight excluding hydrogens is 474 g/mol. The van der Waals surface area contributed by atoms with E-state index in [0.29, 0.717) is 33.2 Å². The van der Waals surface area contributed by atoms with Gasteiger partial charge in [-0.25, -0.2) is 15.0 Å². The largest absolute Gasteiger partial charge is 0.431 e. The molecule has 0 unspecified atom stereocenters. The summed E-state index contributed by atoms with van der Waals surface area (Å²) in [7, 11) is 0. The van der Waals surface area contributed by atoms with E-state index in [1.165, 1.54) is 23.5 Å². The highest BCUT2D eigenvalue weighted by molar-refractivity contribution is 8.00. The zero-order valence-electron chi connectivity index (χ0n) is 17.6. The molecule has 5 aromatic rings. The van der Waals surface area contributed by atoms with Crippen LogP contribution < -0.4 is 10.6 Å². The summed E-state index contributed by atoms with van der Waals surface area (Å²) in [6, 6.07) is 19.8. The number of carbonyl (C=O) groups is 2. The first-order valence-corrected chi connectivity index (χ1v) is 12.1. The Labute approximate surface area is 201 Å². The molecular formula is C23H17N5O4S2. The highest BCUT2D eigenvalue weighted by Gasteiger charge is 2.12. The molecule has 11 heteroatoms. The first-order valence-electron chi connectivity index (χ1n) is 10.2. The van der Waals surface area contributed by atoms with Gasteiger partial charge in [-0.2, -0.15) is 0 Å². The van der Waals surface area contributed by atoms with E-state index in [4.69, 9.17) is 8.83 Å². The molecule has 2 aromatic carbocycles. The van der Waals surface area contributed by atoms with Crippen LogP contribution in [0.5, 0.6) is 0 Å². The monoisotopic (exact) mass is 491 g/mol. The molecule has 0 atom stereocenters. The van der Waals surface area contributed by atoms with E-state index in [-0.39, 0.29) is 23.3 Å². The van der Waals surface area contributed by atoms with Crippen molar-refractivity contribution in [1.82, 2.24) is 15.0 Å². The fourth-order valence-electron chi connectivity index (χ4n) is 3.01. The Morgan fingerprint density at radius 3 is 1.59 bits per heavy atom. The third-order valence-corrected chi connectivity index (χ3v) is 6.14. The predicted octanol–water partition coefficient (Wildman–Crippen LogP) is 4.83. The Kier molecular flexibility index (Phi) is 6.45. The van der Waals surface area contributed by atoms with Crippen molar-refractivity contribution in [1.29, 1.82) is 0 Å². The van der Waals surface area contributed by atoms with Gasteiger partial charge in [0.2, 0.25) is 11.8 Å². The molecule has 0 bridgehead atoms. The van der Waals surface area contributed by atoms with Crippen molar-refractivity contribution in [2.45, 2.75) is 10.4 Å². The lowest BCUT2D eigenvalue weighted by Gasteiger charge is -2.07. The van der Waals surface area contributed by atoms with Gasteiger partial charge in [0.1, 0.15) is 22.7 Å². The van der Waals surface area contributed by atoms with Crippen LogP contribution in [0.4, 0.5) is 11.6 Å². The van der Waals surface area contributed by atoms with Crippen molar-refractivity contribution in [3.05, 3.63) is 66.7 Å². The fraction of sp³-hybridized carbons (Fsp3) is 0.0870. The normalized spacial score (nSPS) is 11.1. The SMILES string of the molecule is O=C(CSc1nc2ccccc2o1)Nc1cccc(NC(=O)CSc2nc3ccccc3o2)n1. The Morgan fingerprint density at radius 2 is 1.12 bits per heavy atom. The number of pyridine rings is 1. The average molecular weight is 492 g/mol. The molecule has 0 saturated heterocycles. The number of hydrogen-bond donors (Lipinski definition) is 2. The first kappa shape index (κ1) is 22.0. The lowest BCUT2D eigenvalue weighted by molar-refractivity contribution is -0.114. The van der Waals surface area contributed by atoms with E-state index in [1.807, 2.05) is 48.5 Å². The summed E-state index contributed by atoms with van der Waals surface area (Å²) in [6.07, 6.45) is 0. The van der Waals surface area contributed by atoms with Gasteiger partial charge < -0.3 is 19.5 Å². The summed E-state index contributed by atoms with van der Waals surface area (Å²) < 4.78 is 11.2. The molecule has 0 aliphatic rings. The van der Waals surface area contributed by atoms with Crippen LogP contribution in [0.25, 0.3) is 22.2 Å². The summed E-state index contributed by atoms with van der Waals surface area (Å²) in [5, 5.41) is 6.26. The van der Waals surface area contributed by atoms with Gasteiger partial charge in [-0.3, -0.25) is 9.59 Å². The van der Waals surface area contributed by atoms with Crippen LogP contribution in [0, 0.1) is 0 Å². The summed E-state index contributed by atoms with van der Waals surface area (Å²) >= 11 is 2.38. The quantitative estimate of drug-likeness (QED) is 0.294. The number of nitrogens with zero attached hydrogens (tertiary/aromatic N) is 3. The Morgan fingerprint density at radius 1 is 0.647 bits per heavy atom. The number of hydrogen-bond acceptors (Lipinski definition) is 9. The second-order valence-corrected chi connectivity index (χ2v) is 8.83. The zero-order chi connectivity index (χ0) is 23.3. The number of aromatic nitrogens is 3. The lowest BCUT2D eigenvalue weighted by atomic mass is 10.3. The van der Waals surface area contributed by atoms with Crippen LogP contribution in [-0.2, 0) is 9.59 Å². The van der Waals surface area contributed by atoms with Crippen molar-refractivity contribution in [3.8, 4) is 0 Å². The minimum absolute atomic E-state index is 0.103. The van der Waals surface area contributed by atoms with Crippen LogP contribution in [0.15, 0.2) is 86.0 Å².